The van der Waals surface area contributed by atoms with Gasteiger partial charge in [-0.1, -0.05) is 0 Å². The van der Waals surface area contributed by atoms with Crippen molar-refractivity contribution >= 4 is 23.2 Å². The number of nitrogens with one attached hydrogen (secondary N) is 1. The molecule has 0 spiro atoms. The SMILES string of the molecule is Cc1nc(C)c(C(C)NC(=O)CC(C)(C)C(=O)O)s1. The predicted octanol–water partition coefficient (Wildman–Crippen LogP) is 2.44. The molecule has 106 valence electrons. The summed E-state index contributed by atoms with van der Waals surface area (Å²) < 4.78 is 0. The summed E-state index contributed by atoms with van der Waals surface area (Å²) in [6.07, 6.45) is -0.0382. The molecule has 0 saturated carbocycles. The van der Waals surface area contributed by atoms with Crippen molar-refractivity contribution in [1.29, 1.82) is 0 Å². The summed E-state index contributed by atoms with van der Waals surface area (Å²) >= 11 is 1.55. The average Bonchev–Trinajstić information content (AvgIpc) is 2.56. The fourth-order valence-electron chi connectivity index (χ4n) is 1.78. The van der Waals surface area contributed by atoms with Crippen LogP contribution in [0.2, 0.25) is 0 Å². The molecule has 1 rings (SSSR count). The van der Waals surface area contributed by atoms with Crippen LogP contribution in [0, 0.1) is 19.3 Å². The minimum atomic E-state index is -1.05. The van der Waals surface area contributed by atoms with Crippen LogP contribution in [-0.2, 0) is 9.59 Å². The second kappa shape index (κ2) is 5.69. The Kier molecular flexibility index (Phi) is 4.68. The van der Waals surface area contributed by atoms with E-state index in [9.17, 15) is 9.59 Å². The Bertz CT molecular complexity index is 494. The molecule has 19 heavy (non-hydrogen) atoms. The zero-order valence-corrected chi connectivity index (χ0v) is 12.7. The molecule has 0 aliphatic rings. The molecule has 1 aromatic rings. The number of carboxylic acids is 1. The number of hydrogen-bond acceptors (Lipinski definition) is 4. The first-order valence-electron chi connectivity index (χ1n) is 6.10. The molecule has 0 bridgehead atoms. The van der Waals surface area contributed by atoms with Crippen molar-refractivity contribution in [2.45, 2.75) is 47.1 Å². The zero-order chi connectivity index (χ0) is 14.8. The summed E-state index contributed by atoms with van der Waals surface area (Å²) in [6.45, 7) is 8.79. The fraction of sp³-hybridized carbons (Fsp3) is 0.615. The van der Waals surface area contributed by atoms with E-state index in [2.05, 4.69) is 10.3 Å². The van der Waals surface area contributed by atoms with Crippen LogP contribution < -0.4 is 5.32 Å². The molecule has 5 nitrogen and oxygen atoms in total. The maximum Gasteiger partial charge on any atom is 0.309 e. The van der Waals surface area contributed by atoms with Crippen molar-refractivity contribution < 1.29 is 14.7 Å². The second-order valence-corrected chi connectivity index (χ2v) is 6.57. The molecule has 1 atom stereocenters. The van der Waals surface area contributed by atoms with Gasteiger partial charge in [-0.05, 0) is 34.6 Å². The molecule has 0 aromatic carbocycles. The predicted molar refractivity (Wildman–Crippen MR) is 74.2 cm³/mol. The number of rotatable bonds is 5. The minimum Gasteiger partial charge on any atom is -0.481 e. The Morgan fingerprint density at radius 2 is 2.00 bits per heavy atom. The lowest BCUT2D eigenvalue weighted by molar-refractivity contribution is -0.149. The van der Waals surface area contributed by atoms with Crippen molar-refractivity contribution in [2.24, 2.45) is 5.41 Å². The van der Waals surface area contributed by atoms with Gasteiger partial charge in [-0.15, -0.1) is 11.3 Å². The van der Waals surface area contributed by atoms with Gasteiger partial charge in [0, 0.05) is 11.3 Å². The monoisotopic (exact) mass is 284 g/mol. The molecule has 1 aromatic heterocycles. The molecule has 0 saturated heterocycles. The van der Waals surface area contributed by atoms with Crippen LogP contribution >= 0.6 is 11.3 Å². The summed E-state index contributed by atoms with van der Waals surface area (Å²) in [7, 11) is 0. The van der Waals surface area contributed by atoms with Crippen LogP contribution in [0.1, 0.15) is 48.8 Å². The van der Waals surface area contributed by atoms with Crippen LogP contribution in [0.5, 0.6) is 0 Å². The van der Waals surface area contributed by atoms with Crippen LogP contribution in [0.25, 0.3) is 0 Å². The van der Waals surface area contributed by atoms with Crippen LogP contribution in [0.15, 0.2) is 0 Å². The van der Waals surface area contributed by atoms with E-state index in [1.807, 2.05) is 20.8 Å². The van der Waals surface area contributed by atoms with Gasteiger partial charge in [0.25, 0.3) is 0 Å². The molecular weight excluding hydrogens is 264 g/mol. The average molecular weight is 284 g/mol. The maximum absolute atomic E-state index is 11.9. The number of carbonyl (C=O) groups is 2. The largest absolute Gasteiger partial charge is 0.481 e. The van der Waals surface area contributed by atoms with Crippen LogP contribution in [0.4, 0.5) is 0 Å². The van der Waals surface area contributed by atoms with Gasteiger partial charge in [0.2, 0.25) is 5.91 Å². The molecular formula is C13H20N2O3S. The lowest BCUT2D eigenvalue weighted by Gasteiger charge is -2.20. The molecule has 0 radical (unpaired) electrons. The molecule has 0 fully saturated rings. The van der Waals surface area contributed by atoms with E-state index in [1.165, 1.54) is 0 Å². The summed E-state index contributed by atoms with van der Waals surface area (Å²) in [6, 6.07) is -0.150. The lowest BCUT2D eigenvalue weighted by Crippen LogP contribution is -2.34. The second-order valence-electron chi connectivity index (χ2n) is 5.34. The van der Waals surface area contributed by atoms with Gasteiger partial charge < -0.3 is 10.4 Å². The smallest absolute Gasteiger partial charge is 0.309 e. The summed E-state index contributed by atoms with van der Waals surface area (Å²) in [4.78, 5) is 28.2. The first-order chi connectivity index (χ1) is 8.63. The van der Waals surface area contributed by atoms with E-state index in [-0.39, 0.29) is 18.4 Å². The molecule has 1 heterocycles. The number of nitrogens with zero attached hydrogens (tertiary/aromatic N) is 1. The van der Waals surface area contributed by atoms with Gasteiger partial charge in [-0.3, -0.25) is 9.59 Å². The molecule has 0 aliphatic heterocycles. The van der Waals surface area contributed by atoms with Gasteiger partial charge in [0.15, 0.2) is 0 Å². The normalized spacial score (nSPS) is 13.1. The highest BCUT2D eigenvalue weighted by atomic mass is 32.1. The fourth-order valence-corrected chi connectivity index (χ4v) is 2.71. The number of thiazole rings is 1. The highest BCUT2D eigenvalue weighted by Gasteiger charge is 2.30. The maximum atomic E-state index is 11.9. The van der Waals surface area contributed by atoms with Crippen molar-refractivity contribution in [3.63, 3.8) is 0 Å². The first kappa shape index (κ1) is 15.6. The molecule has 2 N–H and O–H groups in total. The summed E-state index contributed by atoms with van der Waals surface area (Å²) in [5.74, 6) is -1.23. The molecule has 6 heteroatoms. The van der Waals surface area contributed by atoms with E-state index in [0.717, 1.165) is 15.6 Å². The standard InChI is InChI=1S/C13H20N2O3S/c1-7-11(19-9(3)14-7)8(2)15-10(16)6-13(4,5)12(17)18/h8H,6H2,1-5H3,(H,15,16)(H,17,18). The number of aliphatic carboxylic acids is 1. The van der Waals surface area contributed by atoms with E-state index in [0.29, 0.717) is 0 Å². The third-order valence-electron chi connectivity index (χ3n) is 2.89. The Morgan fingerprint density at radius 3 is 2.42 bits per heavy atom. The topological polar surface area (TPSA) is 79.3 Å². The van der Waals surface area contributed by atoms with Crippen molar-refractivity contribution in [1.82, 2.24) is 10.3 Å². The van der Waals surface area contributed by atoms with Gasteiger partial charge in [0.1, 0.15) is 0 Å². The van der Waals surface area contributed by atoms with Crippen LogP contribution in [-0.4, -0.2) is 22.0 Å². The quantitative estimate of drug-likeness (QED) is 0.870. The van der Waals surface area contributed by atoms with Gasteiger partial charge >= 0.3 is 5.97 Å². The third-order valence-corrected chi connectivity index (χ3v) is 4.15. The number of carbonyl (C=O) groups excluding carboxylic acids is 1. The molecule has 1 amide bonds. The molecule has 1 unspecified atom stereocenters. The Hall–Kier alpha value is -1.43. The Balaban J connectivity index is 2.68. The Labute approximate surface area is 117 Å². The van der Waals surface area contributed by atoms with Gasteiger partial charge in [-0.2, -0.15) is 0 Å². The van der Waals surface area contributed by atoms with Crippen molar-refractivity contribution in [3.8, 4) is 0 Å². The third kappa shape index (κ3) is 4.02. The highest BCUT2D eigenvalue weighted by Crippen LogP contribution is 2.25. The van der Waals surface area contributed by atoms with Gasteiger partial charge in [-0.25, -0.2) is 4.98 Å². The number of carboxylic acid groups (broad SMARTS) is 1. The van der Waals surface area contributed by atoms with E-state index < -0.39 is 11.4 Å². The van der Waals surface area contributed by atoms with E-state index in [1.54, 1.807) is 25.2 Å². The number of hydrogen-bond donors (Lipinski definition) is 2. The number of aromatic nitrogens is 1. The number of amides is 1. The van der Waals surface area contributed by atoms with Crippen LogP contribution in [0.3, 0.4) is 0 Å². The van der Waals surface area contributed by atoms with Gasteiger partial charge in [0.05, 0.1) is 22.2 Å². The first-order valence-corrected chi connectivity index (χ1v) is 6.92. The van der Waals surface area contributed by atoms with Crippen molar-refractivity contribution in [2.75, 3.05) is 0 Å². The van der Waals surface area contributed by atoms with Crippen molar-refractivity contribution in [3.05, 3.63) is 15.6 Å². The molecule has 0 aliphatic carbocycles. The highest BCUT2D eigenvalue weighted by molar-refractivity contribution is 7.11. The van der Waals surface area contributed by atoms with E-state index >= 15 is 0 Å². The summed E-state index contributed by atoms with van der Waals surface area (Å²) in [5, 5.41) is 12.8. The number of aryl methyl sites for hydroxylation is 2. The van der Waals surface area contributed by atoms with E-state index in [4.69, 9.17) is 5.11 Å². The minimum absolute atomic E-state index is 0.0382. The zero-order valence-electron chi connectivity index (χ0n) is 11.9. The Morgan fingerprint density at radius 1 is 1.42 bits per heavy atom. The summed E-state index contributed by atoms with van der Waals surface area (Å²) in [5.41, 5.74) is -0.143. The lowest BCUT2D eigenvalue weighted by atomic mass is 9.89.